The van der Waals surface area contributed by atoms with Crippen molar-refractivity contribution in [2.75, 3.05) is 24.7 Å². The predicted octanol–water partition coefficient (Wildman–Crippen LogP) is 1.73. The van der Waals surface area contributed by atoms with Gasteiger partial charge in [-0.2, -0.15) is 0 Å². The summed E-state index contributed by atoms with van der Waals surface area (Å²) in [5.41, 5.74) is 5.90. The molecule has 6 heteroatoms. The van der Waals surface area contributed by atoms with E-state index in [1.165, 1.54) is 12.1 Å². The lowest BCUT2D eigenvalue weighted by Gasteiger charge is -2.07. The summed E-state index contributed by atoms with van der Waals surface area (Å²) in [4.78, 5) is 0.0638. The summed E-state index contributed by atoms with van der Waals surface area (Å²) in [6.45, 7) is 2.45. The third-order valence-electron chi connectivity index (χ3n) is 1.99. The van der Waals surface area contributed by atoms with E-state index in [9.17, 15) is 8.42 Å². The molecule has 0 unspecified atom stereocenters. The van der Waals surface area contributed by atoms with Crippen LogP contribution in [0.1, 0.15) is 6.92 Å². The Hall–Kier alpha value is -0.780. The van der Waals surface area contributed by atoms with Gasteiger partial charge in [-0.05, 0) is 25.1 Å². The van der Waals surface area contributed by atoms with Gasteiger partial charge in [0.15, 0.2) is 9.84 Å². The van der Waals surface area contributed by atoms with Crippen LogP contribution in [-0.2, 0) is 14.6 Å². The van der Waals surface area contributed by atoms with Crippen molar-refractivity contribution < 1.29 is 13.2 Å². The van der Waals surface area contributed by atoms with Gasteiger partial charge >= 0.3 is 0 Å². The third kappa shape index (κ3) is 3.37. The molecule has 90 valence electrons. The van der Waals surface area contributed by atoms with Crippen LogP contribution in [0.5, 0.6) is 0 Å². The molecular formula is C10H14ClNO3S. The van der Waals surface area contributed by atoms with Crippen molar-refractivity contribution in [1.29, 1.82) is 0 Å². The Morgan fingerprint density at radius 2 is 2.12 bits per heavy atom. The average molecular weight is 264 g/mol. The summed E-state index contributed by atoms with van der Waals surface area (Å²) in [5.74, 6) is -0.0932. The molecule has 1 aromatic rings. The van der Waals surface area contributed by atoms with Crippen LogP contribution in [0, 0.1) is 0 Å². The summed E-state index contributed by atoms with van der Waals surface area (Å²) in [7, 11) is -3.42. The van der Waals surface area contributed by atoms with Crippen LogP contribution >= 0.6 is 11.6 Å². The van der Waals surface area contributed by atoms with Crippen molar-refractivity contribution in [3.63, 3.8) is 0 Å². The van der Waals surface area contributed by atoms with Gasteiger partial charge in [0, 0.05) is 12.3 Å². The molecule has 0 amide bonds. The topological polar surface area (TPSA) is 69.4 Å². The molecule has 0 aliphatic carbocycles. The van der Waals surface area contributed by atoms with E-state index in [1.54, 1.807) is 13.0 Å². The van der Waals surface area contributed by atoms with Gasteiger partial charge in [-0.1, -0.05) is 11.6 Å². The molecule has 1 aromatic carbocycles. The SMILES string of the molecule is CCOCCS(=O)(=O)c1cc(N)ccc1Cl. The van der Waals surface area contributed by atoms with Crippen molar-refractivity contribution in [2.45, 2.75) is 11.8 Å². The van der Waals surface area contributed by atoms with E-state index in [-0.39, 0.29) is 22.3 Å². The molecule has 0 spiro atoms. The molecule has 16 heavy (non-hydrogen) atoms. The maximum atomic E-state index is 11.9. The zero-order chi connectivity index (χ0) is 12.2. The van der Waals surface area contributed by atoms with Crippen LogP contribution in [-0.4, -0.2) is 27.4 Å². The van der Waals surface area contributed by atoms with Crippen LogP contribution in [0.25, 0.3) is 0 Å². The van der Waals surface area contributed by atoms with E-state index in [1.807, 2.05) is 0 Å². The van der Waals surface area contributed by atoms with Crippen LogP contribution in [0.15, 0.2) is 23.1 Å². The average Bonchev–Trinajstić information content (AvgIpc) is 2.22. The van der Waals surface area contributed by atoms with Crippen LogP contribution in [0.4, 0.5) is 5.69 Å². The summed E-state index contributed by atoms with van der Waals surface area (Å²) in [6, 6.07) is 4.40. The Kier molecular flexibility index (Phi) is 4.58. The molecule has 0 aliphatic heterocycles. The quantitative estimate of drug-likeness (QED) is 0.649. The summed E-state index contributed by atoms with van der Waals surface area (Å²) in [6.07, 6.45) is 0. The summed E-state index contributed by atoms with van der Waals surface area (Å²) in [5, 5.41) is 0.186. The summed E-state index contributed by atoms with van der Waals surface area (Å²) < 4.78 is 28.7. The molecule has 0 bridgehead atoms. The number of benzene rings is 1. The van der Waals surface area contributed by atoms with E-state index in [4.69, 9.17) is 22.1 Å². The second-order valence-corrected chi connectivity index (χ2v) is 5.69. The number of anilines is 1. The number of rotatable bonds is 5. The number of ether oxygens (including phenoxy) is 1. The highest BCUT2D eigenvalue weighted by Crippen LogP contribution is 2.24. The standard InChI is InChI=1S/C10H14ClNO3S/c1-2-15-5-6-16(13,14)10-7-8(12)3-4-9(10)11/h3-4,7H,2,5-6,12H2,1H3. The van der Waals surface area contributed by atoms with Gasteiger partial charge in [-0.15, -0.1) is 0 Å². The minimum Gasteiger partial charge on any atom is -0.399 e. The highest BCUT2D eigenvalue weighted by atomic mass is 35.5. The first-order valence-electron chi connectivity index (χ1n) is 4.83. The van der Waals surface area contributed by atoms with Crippen molar-refractivity contribution >= 4 is 27.1 Å². The zero-order valence-corrected chi connectivity index (χ0v) is 10.5. The molecule has 2 N–H and O–H groups in total. The van der Waals surface area contributed by atoms with Crippen molar-refractivity contribution in [1.82, 2.24) is 0 Å². The number of hydrogen-bond acceptors (Lipinski definition) is 4. The molecule has 0 saturated heterocycles. The van der Waals surface area contributed by atoms with Crippen LogP contribution in [0.2, 0.25) is 5.02 Å². The largest absolute Gasteiger partial charge is 0.399 e. The molecule has 0 radical (unpaired) electrons. The smallest absolute Gasteiger partial charge is 0.182 e. The highest BCUT2D eigenvalue weighted by molar-refractivity contribution is 7.91. The lowest BCUT2D eigenvalue weighted by molar-refractivity contribution is 0.163. The molecule has 0 aromatic heterocycles. The lowest BCUT2D eigenvalue weighted by atomic mass is 10.3. The fourth-order valence-corrected chi connectivity index (χ4v) is 2.89. The van der Waals surface area contributed by atoms with Crippen molar-refractivity contribution in [2.24, 2.45) is 0 Å². The first kappa shape index (κ1) is 13.3. The van der Waals surface area contributed by atoms with E-state index < -0.39 is 9.84 Å². The van der Waals surface area contributed by atoms with Gasteiger partial charge in [0.05, 0.1) is 22.3 Å². The first-order valence-corrected chi connectivity index (χ1v) is 6.86. The first-order chi connectivity index (χ1) is 7.47. The third-order valence-corrected chi connectivity index (χ3v) is 4.14. The predicted molar refractivity (Wildman–Crippen MR) is 64.4 cm³/mol. The highest BCUT2D eigenvalue weighted by Gasteiger charge is 2.18. The zero-order valence-electron chi connectivity index (χ0n) is 8.94. The Morgan fingerprint density at radius 3 is 2.75 bits per heavy atom. The molecule has 0 atom stereocenters. The van der Waals surface area contributed by atoms with Crippen molar-refractivity contribution in [3.8, 4) is 0 Å². The molecule has 4 nitrogen and oxygen atoms in total. The molecule has 0 saturated carbocycles. The van der Waals surface area contributed by atoms with Gasteiger partial charge in [-0.25, -0.2) is 8.42 Å². The maximum Gasteiger partial charge on any atom is 0.182 e. The summed E-state index contributed by atoms with van der Waals surface area (Å²) >= 11 is 5.82. The molecule has 1 rings (SSSR count). The molecular weight excluding hydrogens is 250 g/mol. The van der Waals surface area contributed by atoms with Gasteiger partial charge in [0.2, 0.25) is 0 Å². The fraction of sp³-hybridized carbons (Fsp3) is 0.400. The Labute approximate surface area is 100 Å². The number of nitrogen functional groups attached to an aromatic ring is 1. The van der Waals surface area contributed by atoms with Crippen LogP contribution < -0.4 is 5.73 Å². The van der Waals surface area contributed by atoms with E-state index >= 15 is 0 Å². The monoisotopic (exact) mass is 263 g/mol. The minimum absolute atomic E-state index is 0.0638. The number of halogens is 1. The molecule has 0 aliphatic rings. The van der Waals surface area contributed by atoms with E-state index in [0.717, 1.165) is 0 Å². The lowest BCUT2D eigenvalue weighted by Crippen LogP contribution is -2.13. The normalized spacial score (nSPS) is 11.6. The molecule has 0 fully saturated rings. The van der Waals surface area contributed by atoms with Gasteiger partial charge in [-0.3, -0.25) is 0 Å². The van der Waals surface area contributed by atoms with Gasteiger partial charge in [0.25, 0.3) is 0 Å². The second kappa shape index (κ2) is 5.52. The number of nitrogens with two attached hydrogens (primary N) is 1. The van der Waals surface area contributed by atoms with E-state index in [0.29, 0.717) is 12.3 Å². The Morgan fingerprint density at radius 1 is 1.44 bits per heavy atom. The van der Waals surface area contributed by atoms with Gasteiger partial charge < -0.3 is 10.5 Å². The minimum atomic E-state index is -3.42. The molecule has 0 heterocycles. The Bertz CT molecular complexity index is 459. The van der Waals surface area contributed by atoms with Gasteiger partial charge in [0.1, 0.15) is 0 Å². The van der Waals surface area contributed by atoms with Crippen LogP contribution in [0.3, 0.4) is 0 Å². The fourth-order valence-electron chi connectivity index (χ4n) is 1.18. The van der Waals surface area contributed by atoms with Crippen molar-refractivity contribution in [3.05, 3.63) is 23.2 Å². The second-order valence-electron chi connectivity index (χ2n) is 3.21. The van der Waals surface area contributed by atoms with E-state index in [2.05, 4.69) is 0 Å². The maximum absolute atomic E-state index is 11.9. The number of sulfone groups is 1. The number of hydrogen-bond donors (Lipinski definition) is 1. The Balaban J connectivity index is 2.93.